The lowest BCUT2D eigenvalue weighted by molar-refractivity contribution is -0.142. The van der Waals surface area contributed by atoms with Gasteiger partial charge in [-0.25, -0.2) is 14.4 Å². The summed E-state index contributed by atoms with van der Waals surface area (Å²) in [5.74, 6) is -0.863. The largest absolute Gasteiger partial charge is 0.408 e. The first-order chi connectivity index (χ1) is 19.8. The normalized spacial score (nSPS) is 17.3. The van der Waals surface area contributed by atoms with Crippen LogP contribution in [0.5, 0.6) is 0 Å². The average molecular weight is 650 g/mol. The number of carbonyl (C=O) groups excluding carboxylic acids is 3. The standard InChI is InChI=1S/C27H24BrF4N7O3/c1-14(40)26-19-5-16(17-8-33-15(2)34-9-17)3-4-22(19)39(36-26)12-25(42)38-10-18(29)6-23(38)24(41)7-21-20(28)11-37(35-21)13-27(30,31)32/h3-5,8-9,11,18,23H,6-7,10,12-13H2,1-2H3/t18-,23+/m1/s1. The molecule has 5 rings (SSSR count). The highest BCUT2D eigenvalue weighted by atomic mass is 79.9. The summed E-state index contributed by atoms with van der Waals surface area (Å²) in [7, 11) is 0. The highest BCUT2D eigenvalue weighted by Crippen LogP contribution is 2.29. The van der Waals surface area contributed by atoms with E-state index in [-0.39, 0.29) is 41.2 Å². The minimum absolute atomic E-state index is 0.0536. The molecule has 10 nitrogen and oxygen atoms in total. The van der Waals surface area contributed by atoms with Gasteiger partial charge in [-0.15, -0.1) is 0 Å². The molecule has 0 bridgehead atoms. The van der Waals surface area contributed by atoms with Crippen LogP contribution in [0.2, 0.25) is 0 Å². The third-order valence-electron chi connectivity index (χ3n) is 6.90. The molecule has 2 atom stereocenters. The molecule has 1 aliphatic rings. The molecule has 0 unspecified atom stereocenters. The Hall–Kier alpha value is -4.01. The molecule has 220 valence electrons. The highest BCUT2D eigenvalue weighted by Gasteiger charge is 2.40. The van der Waals surface area contributed by atoms with Crippen molar-refractivity contribution in [1.82, 2.24) is 34.4 Å². The van der Waals surface area contributed by atoms with Crippen molar-refractivity contribution in [2.24, 2.45) is 0 Å². The minimum atomic E-state index is -4.50. The topological polar surface area (TPSA) is 116 Å². The van der Waals surface area contributed by atoms with Crippen LogP contribution >= 0.6 is 15.9 Å². The molecule has 0 aliphatic carbocycles. The predicted octanol–water partition coefficient (Wildman–Crippen LogP) is 4.28. The summed E-state index contributed by atoms with van der Waals surface area (Å²) in [6.45, 7) is 1.09. The van der Waals surface area contributed by atoms with E-state index in [2.05, 4.69) is 36.1 Å². The second-order valence-electron chi connectivity index (χ2n) is 10.1. The van der Waals surface area contributed by atoms with Gasteiger partial charge in [0.15, 0.2) is 11.6 Å². The molecule has 0 N–H and O–H groups in total. The summed E-state index contributed by atoms with van der Waals surface area (Å²) in [5, 5.41) is 8.68. The van der Waals surface area contributed by atoms with Gasteiger partial charge in [0.1, 0.15) is 30.8 Å². The number of halogens is 5. The van der Waals surface area contributed by atoms with Crippen LogP contribution in [0.1, 0.15) is 35.4 Å². The van der Waals surface area contributed by atoms with E-state index < -0.39 is 43.0 Å². The SMILES string of the molecule is CC(=O)c1nn(CC(=O)N2C[C@H](F)C[C@H]2C(=O)Cc2nn(CC(F)(F)F)cc2Br)c2ccc(-c3cnc(C)nc3)cc12. The van der Waals surface area contributed by atoms with Crippen LogP contribution in [0.4, 0.5) is 17.6 Å². The number of carbonyl (C=O) groups is 3. The van der Waals surface area contributed by atoms with E-state index in [1.807, 2.05) is 0 Å². The van der Waals surface area contributed by atoms with Crippen LogP contribution in [0.3, 0.4) is 0 Å². The van der Waals surface area contributed by atoms with E-state index >= 15 is 0 Å². The smallest absolute Gasteiger partial charge is 0.328 e. The molecular formula is C27H24BrF4N7O3. The summed E-state index contributed by atoms with van der Waals surface area (Å²) < 4.78 is 54.9. The molecule has 4 aromatic rings. The summed E-state index contributed by atoms with van der Waals surface area (Å²) >= 11 is 3.12. The minimum Gasteiger partial charge on any atom is -0.328 e. The van der Waals surface area contributed by atoms with Gasteiger partial charge in [0, 0.05) is 42.9 Å². The number of hydrogen-bond acceptors (Lipinski definition) is 7. The molecular weight excluding hydrogens is 626 g/mol. The Balaban J connectivity index is 1.37. The van der Waals surface area contributed by atoms with Gasteiger partial charge in [-0.2, -0.15) is 23.4 Å². The first-order valence-electron chi connectivity index (χ1n) is 12.8. The second-order valence-corrected chi connectivity index (χ2v) is 10.9. The predicted molar refractivity (Wildman–Crippen MR) is 145 cm³/mol. The van der Waals surface area contributed by atoms with E-state index in [1.54, 1.807) is 37.5 Å². The van der Waals surface area contributed by atoms with Crippen LogP contribution in [-0.4, -0.2) is 76.8 Å². The van der Waals surface area contributed by atoms with Crippen LogP contribution in [0.25, 0.3) is 22.0 Å². The first kappa shape index (κ1) is 29.5. The highest BCUT2D eigenvalue weighted by molar-refractivity contribution is 9.10. The van der Waals surface area contributed by atoms with Crippen molar-refractivity contribution in [2.75, 3.05) is 6.54 Å². The number of Topliss-reactive ketones (excluding diaryl/α,β-unsaturated/α-hetero) is 2. The van der Waals surface area contributed by atoms with Crippen molar-refractivity contribution in [3.05, 3.63) is 58.5 Å². The number of aryl methyl sites for hydroxylation is 1. The van der Waals surface area contributed by atoms with Crippen LogP contribution in [-0.2, 0) is 29.1 Å². The molecule has 3 aromatic heterocycles. The molecule has 15 heteroatoms. The van der Waals surface area contributed by atoms with E-state index in [0.29, 0.717) is 21.4 Å². The van der Waals surface area contributed by atoms with Crippen molar-refractivity contribution < 1.29 is 31.9 Å². The summed E-state index contributed by atoms with van der Waals surface area (Å²) in [6.07, 6.45) is -2.18. The number of alkyl halides is 4. The van der Waals surface area contributed by atoms with Gasteiger partial charge in [-0.05, 0) is 40.5 Å². The first-order valence-corrected chi connectivity index (χ1v) is 13.6. The number of rotatable bonds is 8. The van der Waals surface area contributed by atoms with Gasteiger partial charge < -0.3 is 4.90 Å². The van der Waals surface area contributed by atoms with E-state index in [9.17, 15) is 31.9 Å². The van der Waals surface area contributed by atoms with Gasteiger partial charge in [0.2, 0.25) is 5.91 Å². The fourth-order valence-corrected chi connectivity index (χ4v) is 5.43. The zero-order valence-corrected chi connectivity index (χ0v) is 24.0. The van der Waals surface area contributed by atoms with E-state index in [4.69, 9.17) is 0 Å². The van der Waals surface area contributed by atoms with Gasteiger partial charge in [0.25, 0.3) is 0 Å². The van der Waals surface area contributed by atoms with Gasteiger partial charge in [-0.3, -0.25) is 23.7 Å². The average Bonchev–Trinajstić information content (AvgIpc) is 3.58. The number of fused-ring (bicyclic) bond motifs is 1. The number of nitrogens with zero attached hydrogens (tertiary/aromatic N) is 7. The second kappa shape index (κ2) is 11.3. The third-order valence-corrected chi connectivity index (χ3v) is 7.56. The monoisotopic (exact) mass is 649 g/mol. The van der Waals surface area contributed by atoms with Crippen molar-refractivity contribution >= 4 is 44.3 Å². The van der Waals surface area contributed by atoms with Crippen molar-refractivity contribution in [2.45, 2.75) is 58.2 Å². The van der Waals surface area contributed by atoms with Crippen LogP contribution < -0.4 is 0 Å². The van der Waals surface area contributed by atoms with Gasteiger partial charge in [0.05, 0.1) is 34.7 Å². The Bertz CT molecular complexity index is 1680. The van der Waals surface area contributed by atoms with Gasteiger partial charge >= 0.3 is 6.18 Å². The molecule has 0 radical (unpaired) electrons. The lowest BCUT2D eigenvalue weighted by Crippen LogP contribution is -2.43. The van der Waals surface area contributed by atoms with Crippen LogP contribution in [0.15, 0.2) is 41.3 Å². The molecule has 1 aliphatic heterocycles. The summed E-state index contributed by atoms with van der Waals surface area (Å²) in [5.41, 5.74) is 2.15. The molecule has 0 spiro atoms. The van der Waals surface area contributed by atoms with Crippen LogP contribution in [0, 0.1) is 6.92 Å². The molecule has 4 heterocycles. The van der Waals surface area contributed by atoms with E-state index in [0.717, 1.165) is 22.2 Å². The lowest BCUT2D eigenvalue weighted by atomic mass is 10.0. The molecule has 42 heavy (non-hydrogen) atoms. The maximum Gasteiger partial charge on any atom is 0.408 e. The number of likely N-dealkylation sites (tertiary alicyclic amines) is 1. The van der Waals surface area contributed by atoms with Crippen molar-refractivity contribution in [1.29, 1.82) is 0 Å². The number of aromatic nitrogens is 6. The number of benzene rings is 1. The number of hydrogen-bond donors (Lipinski definition) is 0. The summed E-state index contributed by atoms with van der Waals surface area (Å²) in [6, 6.07) is 4.10. The number of amides is 1. The molecule has 1 aromatic carbocycles. The third kappa shape index (κ3) is 6.25. The maximum atomic E-state index is 14.5. The quantitative estimate of drug-likeness (QED) is 0.207. The zero-order valence-electron chi connectivity index (χ0n) is 22.4. The van der Waals surface area contributed by atoms with Crippen molar-refractivity contribution in [3.63, 3.8) is 0 Å². The zero-order chi connectivity index (χ0) is 30.3. The Morgan fingerprint density at radius 3 is 2.48 bits per heavy atom. The fraction of sp³-hybridized carbons (Fsp3) is 0.370. The lowest BCUT2D eigenvalue weighted by Gasteiger charge is -2.23. The molecule has 1 saturated heterocycles. The molecule has 1 amide bonds. The Morgan fingerprint density at radius 1 is 1.10 bits per heavy atom. The molecule has 0 saturated carbocycles. The number of ketones is 2. The molecule has 1 fully saturated rings. The Morgan fingerprint density at radius 2 is 1.81 bits per heavy atom. The van der Waals surface area contributed by atoms with E-state index in [1.165, 1.54) is 11.6 Å². The maximum absolute atomic E-state index is 14.5. The van der Waals surface area contributed by atoms with Crippen molar-refractivity contribution in [3.8, 4) is 11.1 Å². The fourth-order valence-electron chi connectivity index (χ4n) is 4.97. The Kier molecular flexibility index (Phi) is 7.96. The Labute approximate surface area is 244 Å². The summed E-state index contributed by atoms with van der Waals surface area (Å²) in [4.78, 5) is 48.4. The van der Waals surface area contributed by atoms with Gasteiger partial charge in [-0.1, -0.05) is 6.07 Å².